The molecule has 2 N–H and O–H groups in total. The molecule has 2 rings (SSSR count). The SMILES string of the molecule is O=C(O)[C@H]1CC[C@@H](C(=O)Nc2ccc(SC(F)F)cc2)C1. The molecule has 0 bridgehead atoms. The van der Waals surface area contributed by atoms with Gasteiger partial charge < -0.3 is 10.4 Å². The zero-order chi connectivity index (χ0) is 15.4. The maximum Gasteiger partial charge on any atom is 0.306 e. The monoisotopic (exact) mass is 315 g/mol. The summed E-state index contributed by atoms with van der Waals surface area (Å²) in [6.07, 6.45) is 1.42. The highest BCUT2D eigenvalue weighted by Gasteiger charge is 2.33. The predicted molar refractivity (Wildman–Crippen MR) is 75.4 cm³/mol. The van der Waals surface area contributed by atoms with Crippen molar-refractivity contribution in [2.75, 3.05) is 5.32 Å². The fourth-order valence-electron chi connectivity index (χ4n) is 2.41. The Morgan fingerprint density at radius 2 is 1.81 bits per heavy atom. The largest absolute Gasteiger partial charge is 0.481 e. The number of halogens is 2. The van der Waals surface area contributed by atoms with Gasteiger partial charge in [0.25, 0.3) is 5.76 Å². The third-order valence-electron chi connectivity index (χ3n) is 3.50. The summed E-state index contributed by atoms with van der Waals surface area (Å²) in [5, 5.41) is 11.6. The van der Waals surface area contributed by atoms with Gasteiger partial charge in [-0.15, -0.1) is 0 Å². The number of amides is 1. The predicted octanol–water partition coefficient (Wildman–Crippen LogP) is 3.44. The van der Waals surface area contributed by atoms with Gasteiger partial charge in [0.2, 0.25) is 5.91 Å². The first kappa shape index (κ1) is 15.8. The van der Waals surface area contributed by atoms with Gasteiger partial charge in [0.15, 0.2) is 0 Å². The van der Waals surface area contributed by atoms with Gasteiger partial charge in [0, 0.05) is 16.5 Å². The highest BCUT2D eigenvalue weighted by Crippen LogP contribution is 2.32. The number of thioether (sulfide) groups is 1. The van der Waals surface area contributed by atoms with E-state index in [1.165, 1.54) is 12.1 Å². The lowest BCUT2D eigenvalue weighted by atomic mass is 10.0. The van der Waals surface area contributed by atoms with Gasteiger partial charge in [0.05, 0.1) is 5.92 Å². The molecule has 114 valence electrons. The molecule has 4 nitrogen and oxygen atoms in total. The molecule has 21 heavy (non-hydrogen) atoms. The van der Waals surface area contributed by atoms with Crippen LogP contribution in [-0.2, 0) is 9.59 Å². The zero-order valence-corrected chi connectivity index (χ0v) is 11.9. The molecule has 0 spiro atoms. The summed E-state index contributed by atoms with van der Waals surface area (Å²) in [7, 11) is 0. The number of carbonyl (C=O) groups is 2. The second-order valence-electron chi connectivity index (χ2n) is 4.94. The number of carboxylic acid groups (broad SMARTS) is 1. The molecule has 1 aromatic rings. The van der Waals surface area contributed by atoms with Gasteiger partial charge in [-0.1, -0.05) is 11.8 Å². The minimum atomic E-state index is -2.48. The van der Waals surface area contributed by atoms with Crippen LogP contribution in [0.2, 0.25) is 0 Å². The fourth-order valence-corrected chi connectivity index (χ4v) is 2.91. The molecule has 0 saturated heterocycles. The second kappa shape index (κ2) is 6.89. The summed E-state index contributed by atoms with van der Waals surface area (Å²) in [6, 6.07) is 6.15. The van der Waals surface area contributed by atoms with E-state index in [1.54, 1.807) is 12.1 Å². The minimum Gasteiger partial charge on any atom is -0.481 e. The standard InChI is InChI=1S/C14H15F2NO3S/c15-14(16)21-11-5-3-10(4-6-11)17-12(18)8-1-2-9(7-8)13(19)20/h3-6,8-9,14H,1-2,7H2,(H,17,18)(H,19,20)/t8-,9+/m1/s1. The first-order valence-electron chi connectivity index (χ1n) is 6.54. The molecule has 7 heteroatoms. The smallest absolute Gasteiger partial charge is 0.306 e. The third kappa shape index (κ3) is 4.42. The maximum absolute atomic E-state index is 12.2. The van der Waals surface area contributed by atoms with Crippen LogP contribution in [0.25, 0.3) is 0 Å². The van der Waals surface area contributed by atoms with Crippen molar-refractivity contribution in [3.63, 3.8) is 0 Å². The lowest BCUT2D eigenvalue weighted by Gasteiger charge is -2.11. The molecule has 0 unspecified atom stereocenters. The Balaban J connectivity index is 1.89. The summed E-state index contributed by atoms with van der Waals surface area (Å²) < 4.78 is 24.4. The highest BCUT2D eigenvalue weighted by atomic mass is 32.2. The normalized spacial score (nSPS) is 21.5. The topological polar surface area (TPSA) is 66.4 Å². The van der Waals surface area contributed by atoms with Crippen molar-refractivity contribution in [2.45, 2.75) is 29.9 Å². The molecular formula is C14H15F2NO3S. The van der Waals surface area contributed by atoms with Gasteiger partial charge in [-0.2, -0.15) is 8.78 Å². The van der Waals surface area contributed by atoms with Crippen LogP contribution in [0, 0.1) is 11.8 Å². The Hall–Kier alpha value is -1.63. The van der Waals surface area contributed by atoms with E-state index in [0.29, 0.717) is 41.6 Å². The number of carboxylic acids is 1. The lowest BCUT2D eigenvalue weighted by molar-refractivity contribution is -0.141. The molecule has 1 aliphatic rings. The van der Waals surface area contributed by atoms with E-state index in [-0.39, 0.29) is 11.8 Å². The molecule has 0 radical (unpaired) electrons. The molecule has 2 atom stereocenters. The van der Waals surface area contributed by atoms with Crippen LogP contribution in [0.1, 0.15) is 19.3 Å². The Kier molecular flexibility index (Phi) is 5.17. The van der Waals surface area contributed by atoms with Crippen molar-refractivity contribution < 1.29 is 23.5 Å². The number of alkyl halides is 2. The highest BCUT2D eigenvalue weighted by molar-refractivity contribution is 7.99. The van der Waals surface area contributed by atoms with Crippen molar-refractivity contribution in [1.29, 1.82) is 0 Å². The summed E-state index contributed by atoms with van der Waals surface area (Å²) in [6.45, 7) is 0. The number of hydrogen-bond donors (Lipinski definition) is 2. The van der Waals surface area contributed by atoms with E-state index in [9.17, 15) is 18.4 Å². The average molecular weight is 315 g/mol. The molecule has 0 heterocycles. The third-order valence-corrected chi connectivity index (χ3v) is 4.22. The van der Waals surface area contributed by atoms with E-state index < -0.39 is 17.6 Å². The van der Waals surface area contributed by atoms with E-state index in [2.05, 4.69) is 5.32 Å². The first-order valence-corrected chi connectivity index (χ1v) is 7.42. The molecule has 1 aromatic carbocycles. The minimum absolute atomic E-state index is 0.215. The number of carbonyl (C=O) groups excluding carboxylic acids is 1. The van der Waals surface area contributed by atoms with Crippen molar-refractivity contribution in [2.24, 2.45) is 11.8 Å². The molecule has 1 aliphatic carbocycles. The van der Waals surface area contributed by atoms with Gasteiger partial charge >= 0.3 is 5.97 Å². The molecule has 1 fully saturated rings. The number of benzene rings is 1. The Morgan fingerprint density at radius 3 is 2.33 bits per heavy atom. The van der Waals surface area contributed by atoms with Crippen molar-refractivity contribution in [3.8, 4) is 0 Å². The van der Waals surface area contributed by atoms with Crippen LogP contribution >= 0.6 is 11.8 Å². The molecule has 1 saturated carbocycles. The number of hydrogen-bond acceptors (Lipinski definition) is 3. The zero-order valence-electron chi connectivity index (χ0n) is 11.1. The Morgan fingerprint density at radius 1 is 1.19 bits per heavy atom. The van der Waals surface area contributed by atoms with E-state index in [1.807, 2.05) is 0 Å². The Bertz CT molecular complexity index is 521. The van der Waals surface area contributed by atoms with Gasteiger partial charge in [-0.05, 0) is 43.5 Å². The molecular weight excluding hydrogens is 300 g/mol. The number of nitrogens with one attached hydrogen (secondary N) is 1. The lowest BCUT2D eigenvalue weighted by Crippen LogP contribution is -2.21. The quantitative estimate of drug-likeness (QED) is 0.817. The van der Waals surface area contributed by atoms with E-state index in [4.69, 9.17) is 5.11 Å². The summed E-state index contributed by atoms with van der Waals surface area (Å²) in [4.78, 5) is 23.3. The average Bonchev–Trinajstić information content (AvgIpc) is 2.90. The van der Waals surface area contributed by atoms with Crippen LogP contribution in [0.4, 0.5) is 14.5 Å². The second-order valence-corrected chi connectivity index (χ2v) is 6.00. The molecule has 0 aromatic heterocycles. The number of aliphatic carboxylic acids is 1. The van der Waals surface area contributed by atoms with Crippen LogP contribution in [-0.4, -0.2) is 22.7 Å². The van der Waals surface area contributed by atoms with Gasteiger partial charge in [0.1, 0.15) is 0 Å². The molecule has 1 amide bonds. The summed E-state index contributed by atoms with van der Waals surface area (Å²) in [5.41, 5.74) is 0.525. The molecule has 0 aliphatic heterocycles. The van der Waals surface area contributed by atoms with Crippen LogP contribution in [0.3, 0.4) is 0 Å². The van der Waals surface area contributed by atoms with Crippen molar-refractivity contribution in [3.05, 3.63) is 24.3 Å². The van der Waals surface area contributed by atoms with Crippen molar-refractivity contribution >= 4 is 29.3 Å². The maximum atomic E-state index is 12.2. The number of anilines is 1. The van der Waals surface area contributed by atoms with E-state index >= 15 is 0 Å². The van der Waals surface area contributed by atoms with Crippen LogP contribution in [0.15, 0.2) is 29.2 Å². The van der Waals surface area contributed by atoms with Crippen molar-refractivity contribution in [1.82, 2.24) is 0 Å². The summed E-state index contributed by atoms with van der Waals surface area (Å²) in [5.74, 6) is -4.31. The first-order chi connectivity index (χ1) is 9.95. The van der Waals surface area contributed by atoms with Gasteiger partial charge in [-0.3, -0.25) is 9.59 Å². The van der Waals surface area contributed by atoms with Crippen LogP contribution < -0.4 is 5.32 Å². The van der Waals surface area contributed by atoms with Crippen LogP contribution in [0.5, 0.6) is 0 Å². The van der Waals surface area contributed by atoms with E-state index in [0.717, 1.165) is 0 Å². The summed E-state index contributed by atoms with van der Waals surface area (Å²) >= 11 is 0.444. The number of rotatable bonds is 5. The van der Waals surface area contributed by atoms with Gasteiger partial charge in [-0.25, -0.2) is 0 Å². The Labute approximate surface area is 124 Å². The fraction of sp³-hybridized carbons (Fsp3) is 0.429.